The predicted molar refractivity (Wildman–Crippen MR) is 112 cm³/mol. The van der Waals surface area contributed by atoms with E-state index in [1.807, 2.05) is 24.3 Å². The van der Waals surface area contributed by atoms with Gasteiger partial charge in [0.25, 0.3) is 15.9 Å². The zero-order valence-corrected chi connectivity index (χ0v) is 16.6. The van der Waals surface area contributed by atoms with E-state index < -0.39 is 21.7 Å². The highest BCUT2D eigenvalue weighted by atomic mass is 32.2. The highest BCUT2D eigenvalue weighted by Gasteiger charge is 2.16. The number of aromatic amines is 1. The minimum Gasteiger partial charge on any atom is -0.324 e. The maximum absolute atomic E-state index is 13.4. The number of rotatable bonds is 5. The summed E-state index contributed by atoms with van der Waals surface area (Å²) in [6.07, 6.45) is 0. The molecule has 0 aliphatic heterocycles. The number of nitrogens with one attached hydrogen (secondary N) is 3. The van der Waals surface area contributed by atoms with Gasteiger partial charge in [0, 0.05) is 11.3 Å². The lowest BCUT2D eigenvalue weighted by Gasteiger charge is -2.10. The number of nitrogens with zero attached hydrogens (tertiary/aromatic N) is 1. The Balaban J connectivity index is 1.47. The first kappa shape index (κ1) is 19.6. The molecule has 0 atom stereocenters. The van der Waals surface area contributed by atoms with Gasteiger partial charge in [-0.25, -0.2) is 17.8 Å². The fourth-order valence-corrected chi connectivity index (χ4v) is 4.02. The van der Waals surface area contributed by atoms with Gasteiger partial charge in [-0.2, -0.15) is 0 Å². The second-order valence-corrected chi connectivity index (χ2v) is 8.33. The predicted octanol–water partition coefficient (Wildman–Crippen LogP) is 4.06. The van der Waals surface area contributed by atoms with Crippen molar-refractivity contribution in [1.29, 1.82) is 0 Å². The Hall–Kier alpha value is -3.72. The average molecular weight is 424 g/mol. The maximum atomic E-state index is 13.4. The Morgan fingerprint density at radius 2 is 1.77 bits per heavy atom. The molecule has 0 bridgehead atoms. The molecule has 1 aromatic heterocycles. The summed E-state index contributed by atoms with van der Waals surface area (Å²) in [4.78, 5) is 19.7. The standard InChI is InChI=1S/C21H17FN4O3S/c1-13-12-16(10-11-17(13)22)30(28,29)26-15-8-6-14(7-9-15)20(27)25-21-23-18-4-2-3-5-19(18)24-21/h2-12,26H,1H3,(H2,23,24,25,27). The molecule has 9 heteroatoms. The van der Waals surface area contributed by atoms with Crippen LogP contribution < -0.4 is 10.0 Å². The number of fused-ring (bicyclic) bond motifs is 1. The number of hydrogen-bond donors (Lipinski definition) is 3. The van der Waals surface area contributed by atoms with E-state index in [4.69, 9.17) is 0 Å². The number of aromatic nitrogens is 2. The van der Waals surface area contributed by atoms with Crippen molar-refractivity contribution >= 4 is 38.6 Å². The van der Waals surface area contributed by atoms with E-state index in [1.54, 1.807) is 0 Å². The van der Waals surface area contributed by atoms with Gasteiger partial charge in [-0.3, -0.25) is 14.8 Å². The Bertz CT molecular complexity index is 1320. The molecule has 3 aromatic carbocycles. The molecule has 0 aliphatic carbocycles. The van der Waals surface area contributed by atoms with E-state index in [0.717, 1.165) is 17.1 Å². The van der Waals surface area contributed by atoms with E-state index in [2.05, 4.69) is 20.0 Å². The number of H-pyrrole nitrogens is 1. The number of hydrogen-bond acceptors (Lipinski definition) is 4. The number of amides is 1. The van der Waals surface area contributed by atoms with Crippen LogP contribution in [0.5, 0.6) is 0 Å². The molecule has 0 saturated heterocycles. The lowest BCUT2D eigenvalue weighted by atomic mass is 10.2. The van der Waals surface area contributed by atoms with Crippen LogP contribution in [0.4, 0.5) is 16.0 Å². The second kappa shape index (κ2) is 7.60. The Morgan fingerprint density at radius 3 is 2.47 bits per heavy atom. The molecule has 0 spiro atoms. The second-order valence-electron chi connectivity index (χ2n) is 6.65. The lowest BCUT2D eigenvalue weighted by molar-refractivity contribution is 0.102. The summed E-state index contributed by atoms with van der Waals surface area (Å²) in [5, 5.41) is 2.67. The highest BCUT2D eigenvalue weighted by Crippen LogP contribution is 2.20. The van der Waals surface area contributed by atoms with E-state index in [0.29, 0.717) is 11.5 Å². The number of benzene rings is 3. The van der Waals surface area contributed by atoms with Gasteiger partial charge in [0.05, 0.1) is 15.9 Å². The molecule has 152 valence electrons. The highest BCUT2D eigenvalue weighted by molar-refractivity contribution is 7.92. The summed E-state index contributed by atoms with van der Waals surface area (Å²) in [5.74, 6) is -0.552. The first-order valence-electron chi connectivity index (χ1n) is 8.97. The number of para-hydroxylation sites is 2. The summed E-state index contributed by atoms with van der Waals surface area (Å²) in [6.45, 7) is 1.49. The number of aryl methyl sites for hydroxylation is 1. The van der Waals surface area contributed by atoms with Crippen molar-refractivity contribution in [3.05, 3.63) is 83.7 Å². The van der Waals surface area contributed by atoms with E-state index >= 15 is 0 Å². The van der Waals surface area contributed by atoms with Crippen LogP contribution in [0.3, 0.4) is 0 Å². The van der Waals surface area contributed by atoms with Crippen LogP contribution >= 0.6 is 0 Å². The number of halogens is 1. The average Bonchev–Trinajstić information content (AvgIpc) is 3.12. The number of anilines is 2. The molecule has 0 saturated carbocycles. The van der Waals surface area contributed by atoms with Gasteiger partial charge in [-0.1, -0.05) is 12.1 Å². The van der Waals surface area contributed by atoms with Crippen molar-refractivity contribution in [3.8, 4) is 0 Å². The van der Waals surface area contributed by atoms with E-state index in [-0.39, 0.29) is 16.1 Å². The molecule has 0 unspecified atom stereocenters. The summed E-state index contributed by atoms with van der Waals surface area (Å²) < 4.78 is 40.8. The van der Waals surface area contributed by atoms with Crippen molar-refractivity contribution < 1.29 is 17.6 Å². The molecule has 1 heterocycles. The molecule has 3 N–H and O–H groups in total. The number of imidazole rings is 1. The molecule has 7 nitrogen and oxygen atoms in total. The summed E-state index contributed by atoms with van der Waals surface area (Å²) >= 11 is 0. The first-order chi connectivity index (χ1) is 14.3. The summed E-state index contributed by atoms with van der Waals surface area (Å²) in [7, 11) is -3.88. The van der Waals surface area contributed by atoms with Crippen molar-refractivity contribution in [2.24, 2.45) is 0 Å². The molecule has 0 aliphatic rings. The quantitative estimate of drug-likeness (QED) is 0.449. The minimum absolute atomic E-state index is 0.0481. The molecule has 1 amide bonds. The van der Waals surface area contributed by atoms with Gasteiger partial charge in [-0.05, 0) is 67.1 Å². The monoisotopic (exact) mass is 424 g/mol. The van der Waals surface area contributed by atoms with Crippen LogP contribution in [0.25, 0.3) is 11.0 Å². The van der Waals surface area contributed by atoms with Gasteiger partial charge in [0.2, 0.25) is 5.95 Å². The topological polar surface area (TPSA) is 104 Å². The van der Waals surface area contributed by atoms with Crippen molar-refractivity contribution in [2.45, 2.75) is 11.8 Å². The van der Waals surface area contributed by atoms with Crippen molar-refractivity contribution in [2.75, 3.05) is 10.0 Å². The minimum atomic E-state index is -3.88. The van der Waals surface area contributed by atoms with E-state index in [9.17, 15) is 17.6 Å². The summed E-state index contributed by atoms with van der Waals surface area (Å²) in [5.41, 5.74) is 2.37. The van der Waals surface area contributed by atoms with Gasteiger partial charge >= 0.3 is 0 Å². The van der Waals surface area contributed by atoms with Crippen LogP contribution in [0.15, 0.2) is 71.6 Å². The zero-order valence-electron chi connectivity index (χ0n) is 15.8. The number of carbonyl (C=O) groups excluding carboxylic acids is 1. The molecule has 4 rings (SSSR count). The molecular formula is C21H17FN4O3S. The van der Waals surface area contributed by atoms with Crippen LogP contribution in [-0.4, -0.2) is 24.3 Å². The third-order valence-corrected chi connectivity index (χ3v) is 5.84. The maximum Gasteiger partial charge on any atom is 0.261 e. The van der Waals surface area contributed by atoms with Crippen LogP contribution in [-0.2, 0) is 10.0 Å². The van der Waals surface area contributed by atoms with Crippen molar-refractivity contribution in [1.82, 2.24) is 9.97 Å². The summed E-state index contributed by atoms with van der Waals surface area (Å²) in [6, 6.07) is 16.9. The van der Waals surface area contributed by atoms with Crippen LogP contribution in [0, 0.1) is 12.7 Å². The van der Waals surface area contributed by atoms with Gasteiger partial charge in [0.15, 0.2) is 0 Å². The van der Waals surface area contributed by atoms with E-state index in [1.165, 1.54) is 43.3 Å². The fraction of sp³-hybridized carbons (Fsp3) is 0.0476. The number of sulfonamides is 1. The molecule has 0 radical (unpaired) electrons. The molecular weight excluding hydrogens is 407 g/mol. The Labute approximate surface area is 172 Å². The van der Waals surface area contributed by atoms with Crippen molar-refractivity contribution in [3.63, 3.8) is 0 Å². The first-order valence-corrected chi connectivity index (χ1v) is 10.5. The van der Waals surface area contributed by atoms with Gasteiger partial charge in [-0.15, -0.1) is 0 Å². The molecule has 30 heavy (non-hydrogen) atoms. The zero-order chi connectivity index (χ0) is 21.3. The smallest absolute Gasteiger partial charge is 0.261 e. The van der Waals surface area contributed by atoms with Crippen LogP contribution in [0.1, 0.15) is 15.9 Å². The Kier molecular flexibility index (Phi) is 4.96. The van der Waals surface area contributed by atoms with Crippen LogP contribution in [0.2, 0.25) is 0 Å². The third-order valence-electron chi connectivity index (χ3n) is 4.46. The lowest BCUT2D eigenvalue weighted by Crippen LogP contribution is -2.15. The van der Waals surface area contributed by atoms with Gasteiger partial charge < -0.3 is 4.98 Å². The SMILES string of the molecule is Cc1cc(S(=O)(=O)Nc2ccc(C(=O)Nc3nc4ccccc4[nH]3)cc2)ccc1F. The third kappa shape index (κ3) is 4.01. The largest absolute Gasteiger partial charge is 0.324 e. The Morgan fingerprint density at radius 1 is 1.03 bits per heavy atom. The normalized spacial score (nSPS) is 11.4. The molecule has 0 fully saturated rings. The number of carbonyl (C=O) groups is 1. The fourth-order valence-electron chi connectivity index (χ4n) is 2.88. The molecule has 4 aromatic rings. The van der Waals surface area contributed by atoms with Gasteiger partial charge in [0.1, 0.15) is 5.82 Å².